The molecule has 7 heteroatoms. The van der Waals surface area contributed by atoms with E-state index >= 15 is 0 Å². The number of anilines is 1. The highest BCUT2D eigenvalue weighted by Gasteiger charge is 2.38. The summed E-state index contributed by atoms with van der Waals surface area (Å²) in [6, 6.07) is 21.1. The van der Waals surface area contributed by atoms with E-state index in [1.807, 2.05) is 73.7 Å². The lowest BCUT2D eigenvalue weighted by molar-refractivity contribution is -0.137. The van der Waals surface area contributed by atoms with E-state index in [1.54, 1.807) is 11.8 Å². The van der Waals surface area contributed by atoms with E-state index in [0.717, 1.165) is 45.9 Å². The minimum atomic E-state index is -0.365. The molecule has 0 aromatic heterocycles. The van der Waals surface area contributed by atoms with Crippen molar-refractivity contribution in [1.82, 2.24) is 4.90 Å². The molecule has 1 saturated heterocycles. The number of nitrogens with zero attached hydrogens (tertiary/aromatic N) is 2. The molecule has 0 aliphatic carbocycles. The first-order chi connectivity index (χ1) is 17.1. The second-order valence-electron chi connectivity index (χ2n) is 8.54. The van der Waals surface area contributed by atoms with Crippen molar-refractivity contribution in [3.63, 3.8) is 0 Å². The highest BCUT2D eigenvalue weighted by molar-refractivity contribution is 8.13. The van der Waals surface area contributed by atoms with Crippen LogP contribution in [0.5, 0.6) is 0 Å². The number of hydrogen-bond acceptors (Lipinski definition) is 6. The van der Waals surface area contributed by atoms with Gasteiger partial charge in [0.25, 0.3) is 5.91 Å². The number of esters is 1. The Morgan fingerprint density at radius 2 is 1.91 bits per heavy atom. The molecule has 1 amide bonds. The van der Waals surface area contributed by atoms with Gasteiger partial charge in [-0.1, -0.05) is 61.2 Å². The van der Waals surface area contributed by atoms with E-state index in [1.165, 1.54) is 7.11 Å². The number of allylic oxidation sites excluding steroid dienone is 1. The molecule has 0 spiro atoms. The first-order valence-corrected chi connectivity index (χ1v) is 12.8. The van der Waals surface area contributed by atoms with Crippen molar-refractivity contribution in [3.8, 4) is 0 Å². The van der Waals surface area contributed by atoms with Gasteiger partial charge in [0.1, 0.15) is 0 Å². The average molecular weight is 486 g/mol. The molecule has 1 N–H and O–H groups in total. The molecule has 1 atom stereocenters. The van der Waals surface area contributed by atoms with Crippen molar-refractivity contribution >= 4 is 45.3 Å². The van der Waals surface area contributed by atoms with Crippen LogP contribution in [0.25, 0.3) is 10.8 Å². The SMILES string of the molecule is CCC1=C(C(=O)OC)C(c2cccc(NC(=O)c3ccc4ccccc4c3)c2)N2CCCSC2=N1. The van der Waals surface area contributed by atoms with E-state index < -0.39 is 0 Å². The fourth-order valence-electron chi connectivity index (χ4n) is 4.68. The minimum Gasteiger partial charge on any atom is -0.466 e. The molecule has 0 saturated carbocycles. The number of ether oxygens (including phenoxy) is 1. The van der Waals surface area contributed by atoms with Gasteiger partial charge >= 0.3 is 5.97 Å². The highest BCUT2D eigenvalue weighted by atomic mass is 32.2. The van der Waals surface area contributed by atoms with E-state index in [4.69, 9.17) is 9.73 Å². The average Bonchev–Trinajstić information content (AvgIpc) is 2.91. The monoisotopic (exact) mass is 485 g/mol. The third-order valence-corrected chi connectivity index (χ3v) is 7.44. The zero-order chi connectivity index (χ0) is 24.4. The van der Waals surface area contributed by atoms with Gasteiger partial charge in [-0.2, -0.15) is 0 Å². The number of fused-ring (bicyclic) bond motifs is 2. The highest BCUT2D eigenvalue weighted by Crippen LogP contribution is 2.41. The first-order valence-electron chi connectivity index (χ1n) is 11.8. The number of rotatable bonds is 5. The van der Waals surface area contributed by atoms with E-state index in [2.05, 4.69) is 10.2 Å². The molecule has 0 radical (unpaired) electrons. The minimum absolute atomic E-state index is 0.176. The van der Waals surface area contributed by atoms with Gasteiger partial charge in [-0.25, -0.2) is 9.79 Å². The van der Waals surface area contributed by atoms with Gasteiger partial charge in [-0.15, -0.1) is 0 Å². The van der Waals surface area contributed by atoms with Crippen LogP contribution in [0.3, 0.4) is 0 Å². The molecule has 1 fully saturated rings. The number of benzene rings is 3. The molecule has 1 unspecified atom stereocenters. The number of aliphatic imine (C=N–C) groups is 1. The Hall–Kier alpha value is -3.58. The Bertz CT molecular complexity index is 1360. The predicted molar refractivity (Wildman–Crippen MR) is 142 cm³/mol. The standard InChI is InChI=1S/C28H27N3O3S/c1-3-23-24(27(33)34-2)25(31-14-7-15-35-28(31)30-23)20-10-6-11-22(17-20)29-26(32)21-13-12-18-8-4-5-9-19(18)16-21/h4-6,8-13,16-17,25H,3,7,14-15H2,1-2H3,(H,29,32). The topological polar surface area (TPSA) is 71.0 Å². The fourth-order valence-corrected chi connectivity index (χ4v) is 5.67. The van der Waals surface area contributed by atoms with Crippen molar-refractivity contribution in [1.29, 1.82) is 0 Å². The van der Waals surface area contributed by atoms with Gasteiger partial charge in [0.15, 0.2) is 5.17 Å². The molecule has 35 heavy (non-hydrogen) atoms. The maximum Gasteiger partial charge on any atom is 0.338 e. The van der Waals surface area contributed by atoms with Crippen LogP contribution >= 0.6 is 11.8 Å². The maximum atomic E-state index is 13.1. The van der Waals surface area contributed by atoms with E-state index in [0.29, 0.717) is 23.2 Å². The number of hydrogen-bond donors (Lipinski definition) is 1. The third kappa shape index (κ3) is 4.56. The van der Waals surface area contributed by atoms with Crippen molar-refractivity contribution in [3.05, 3.63) is 89.1 Å². The van der Waals surface area contributed by atoms with Crippen LogP contribution in [0, 0.1) is 0 Å². The van der Waals surface area contributed by atoms with Crippen molar-refractivity contribution in [2.75, 3.05) is 24.7 Å². The largest absolute Gasteiger partial charge is 0.466 e. The van der Waals surface area contributed by atoms with Gasteiger partial charge in [0.05, 0.1) is 24.4 Å². The second-order valence-corrected chi connectivity index (χ2v) is 9.60. The summed E-state index contributed by atoms with van der Waals surface area (Å²) < 4.78 is 5.17. The second kappa shape index (κ2) is 9.96. The maximum absolute atomic E-state index is 13.1. The number of thioether (sulfide) groups is 1. The summed E-state index contributed by atoms with van der Waals surface area (Å²) in [5.41, 5.74) is 3.52. The van der Waals surface area contributed by atoms with Gasteiger partial charge in [0, 0.05) is 23.5 Å². The lowest BCUT2D eigenvalue weighted by atomic mass is 9.93. The van der Waals surface area contributed by atoms with Crippen LogP contribution in [0.1, 0.15) is 41.7 Å². The molecule has 5 rings (SSSR count). The van der Waals surface area contributed by atoms with Gasteiger partial charge in [-0.05, 0) is 53.4 Å². The Labute approximate surface area is 209 Å². The molecule has 3 aromatic carbocycles. The van der Waals surface area contributed by atoms with Gasteiger partial charge in [-0.3, -0.25) is 4.79 Å². The number of nitrogens with one attached hydrogen (secondary N) is 1. The Balaban J connectivity index is 1.48. The number of methoxy groups -OCH3 is 1. The smallest absolute Gasteiger partial charge is 0.338 e. The molecule has 6 nitrogen and oxygen atoms in total. The van der Waals surface area contributed by atoms with E-state index in [-0.39, 0.29) is 17.9 Å². The van der Waals surface area contributed by atoms with Crippen LogP contribution in [-0.4, -0.2) is 41.4 Å². The molecule has 2 aliphatic heterocycles. The summed E-state index contributed by atoms with van der Waals surface area (Å²) in [6.07, 6.45) is 1.64. The van der Waals surface area contributed by atoms with Crippen LogP contribution < -0.4 is 5.32 Å². The Morgan fingerprint density at radius 3 is 2.71 bits per heavy atom. The Kier molecular flexibility index (Phi) is 6.59. The first kappa shape index (κ1) is 23.2. The zero-order valence-electron chi connectivity index (χ0n) is 19.8. The summed E-state index contributed by atoms with van der Waals surface area (Å²) in [4.78, 5) is 32.9. The van der Waals surface area contributed by atoms with Gasteiger partial charge in [0.2, 0.25) is 0 Å². The normalized spacial score (nSPS) is 17.6. The molecule has 3 aromatic rings. The molecular formula is C28H27N3O3S. The third-order valence-electron chi connectivity index (χ3n) is 6.36. The zero-order valence-corrected chi connectivity index (χ0v) is 20.6. The lowest BCUT2D eigenvalue weighted by Crippen LogP contribution is -2.42. The molecular weight excluding hydrogens is 458 g/mol. The van der Waals surface area contributed by atoms with Crippen molar-refractivity contribution in [2.45, 2.75) is 25.8 Å². The lowest BCUT2D eigenvalue weighted by Gasteiger charge is -2.40. The number of amidine groups is 1. The molecule has 2 aliphatic rings. The Morgan fingerprint density at radius 1 is 1.09 bits per heavy atom. The summed E-state index contributed by atoms with van der Waals surface area (Å²) in [5, 5.41) is 6.08. The van der Waals surface area contributed by atoms with Gasteiger partial charge < -0.3 is 15.0 Å². The van der Waals surface area contributed by atoms with Crippen LogP contribution in [0.2, 0.25) is 0 Å². The van der Waals surface area contributed by atoms with Crippen molar-refractivity contribution in [2.24, 2.45) is 4.99 Å². The predicted octanol–water partition coefficient (Wildman–Crippen LogP) is 5.78. The van der Waals surface area contributed by atoms with Crippen molar-refractivity contribution < 1.29 is 14.3 Å². The number of carbonyl (C=O) groups excluding carboxylic acids is 2. The molecule has 2 heterocycles. The number of carbonyl (C=O) groups is 2. The van der Waals surface area contributed by atoms with Crippen LogP contribution in [0.15, 0.2) is 83.0 Å². The summed E-state index contributed by atoms with van der Waals surface area (Å²) in [7, 11) is 1.41. The molecule has 178 valence electrons. The fraction of sp³-hybridized carbons (Fsp3) is 0.250. The molecule has 0 bridgehead atoms. The quantitative estimate of drug-likeness (QED) is 0.464. The summed E-state index contributed by atoms with van der Waals surface area (Å²) in [6.45, 7) is 2.81. The van der Waals surface area contributed by atoms with E-state index in [9.17, 15) is 9.59 Å². The van der Waals surface area contributed by atoms with Crippen LogP contribution in [-0.2, 0) is 9.53 Å². The summed E-state index contributed by atoms with van der Waals surface area (Å²) >= 11 is 1.72. The number of amides is 1. The van der Waals surface area contributed by atoms with Crippen LogP contribution in [0.4, 0.5) is 5.69 Å². The summed E-state index contributed by atoms with van der Waals surface area (Å²) in [5.74, 6) is 0.468.